The second-order valence-electron chi connectivity index (χ2n) is 17.8. The Hall–Kier alpha value is -1.13. The van der Waals surface area contributed by atoms with Crippen LogP contribution in [-0.2, 0) is 18.3 Å². The van der Waals surface area contributed by atoms with Gasteiger partial charge < -0.3 is 34.6 Å². The summed E-state index contributed by atoms with van der Waals surface area (Å²) in [4.78, 5) is 12.2. The Morgan fingerprint density at radius 2 is 1.04 bits per heavy atom. The van der Waals surface area contributed by atoms with Gasteiger partial charge in [0.15, 0.2) is 6.29 Å². The van der Waals surface area contributed by atoms with Crippen LogP contribution in [0.1, 0.15) is 178 Å². The Balaban J connectivity index is 2.20. The van der Waals surface area contributed by atoms with Gasteiger partial charge in [-0.25, -0.2) is 0 Å². The Morgan fingerprint density at radius 1 is 0.625 bits per heavy atom. The molecule has 0 saturated carbocycles. The molecule has 1 fully saturated rings. The van der Waals surface area contributed by atoms with Gasteiger partial charge in [-0.1, -0.05) is 145 Å². The van der Waals surface area contributed by atoms with Crippen LogP contribution in [0, 0.1) is 23.7 Å². The number of hydrogen-bond donors (Lipinski definition) is 4. The van der Waals surface area contributed by atoms with Gasteiger partial charge in [-0.3, -0.25) is 9.09 Å². The monoisotopic (exact) mass is 812 g/mol. The molecule has 0 spiro atoms. The normalized spacial score (nSPS) is 24.4. The summed E-state index contributed by atoms with van der Waals surface area (Å²) in [5.41, 5.74) is 5.23. The zero-order chi connectivity index (χ0) is 42.1. The SMILES string of the molecule is C/C(=C/COP(=O)([O-])O[C@@H]1O[C@H](CO)[C@@H](O)[C@H](O)[C@@H]1O)CC/C=C(\C)CC/C=C(\C)CC/C=C(\C)CCCC(C)CCCC(C)CCCC(C)CCCC(C)C. The number of hydrogen-bond acceptors (Lipinski definition) is 9. The fraction of sp³-hybridized carbons (Fsp3) is 0.826. The zero-order valence-corrected chi connectivity index (χ0v) is 37.8. The molecular formula is C46H84O9P-. The van der Waals surface area contributed by atoms with E-state index in [-0.39, 0.29) is 6.61 Å². The van der Waals surface area contributed by atoms with Gasteiger partial charge in [0.2, 0.25) is 0 Å². The highest BCUT2D eigenvalue weighted by Crippen LogP contribution is 2.42. The summed E-state index contributed by atoms with van der Waals surface area (Å²) in [5.74, 6) is 3.42. The minimum atomic E-state index is -4.91. The molecule has 56 heavy (non-hydrogen) atoms. The van der Waals surface area contributed by atoms with Crippen LogP contribution in [-0.4, -0.2) is 64.3 Å². The van der Waals surface area contributed by atoms with Crippen LogP contribution in [0.4, 0.5) is 0 Å². The Bertz CT molecular complexity index is 1210. The van der Waals surface area contributed by atoms with Crippen LogP contribution >= 0.6 is 7.82 Å². The van der Waals surface area contributed by atoms with Crippen molar-refractivity contribution in [3.05, 3.63) is 46.6 Å². The van der Waals surface area contributed by atoms with Crippen LogP contribution in [0.15, 0.2) is 46.6 Å². The van der Waals surface area contributed by atoms with E-state index < -0.39 is 45.1 Å². The lowest BCUT2D eigenvalue weighted by molar-refractivity contribution is -0.304. The fourth-order valence-corrected chi connectivity index (χ4v) is 8.04. The van der Waals surface area contributed by atoms with Crippen molar-refractivity contribution in [1.82, 2.24) is 0 Å². The first-order valence-corrected chi connectivity index (χ1v) is 23.5. The van der Waals surface area contributed by atoms with Crippen LogP contribution in [0.5, 0.6) is 0 Å². The van der Waals surface area contributed by atoms with Crippen LogP contribution in [0.2, 0.25) is 0 Å². The standard InChI is InChI=1S/C46H85O9P/c1-34(2)17-10-18-35(3)19-11-20-36(4)21-12-22-37(5)23-13-24-38(6)25-14-26-39(7)27-15-28-40(8)29-16-30-41(9)31-32-53-56(51,52)55-46-45(50)44(49)43(48)42(33-47)54-46/h25,27,29,31,34-37,42-50H,10-24,26,28,30,32-33H2,1-9H3,(H,51,52)/p-1/b38-25+,39-27+,40-29+,41-31-/t35?,36?,37?,42-,43-,44+,45+,46+/m1/s1. The Kier molecular flexibility index (Phi) is 28.3. The van der Waals surface area contributed by atoms with Crippen molar-refractivity contribution in [1.29, 1.82) is 0 Å². The van der Waals surface area contributed by atoms with Gasteiger partial charge in [0, 0.05) is 0 Å². The highest BCUT2D eigenvalue weighted by Gasteiger charge is 2.45. The number of aliphatic hydroxyl groups excluding tert-OH is 4. The van der Waals surface area contributed by atoms with Gasteiger partial charge in [-0.05, 0) is 103 Å². The molecule has 0 amide bonds. The minimum absolute atomic E-state index is 0.261. The molecule has 328 valence electrons. The smallest absolute Gasteiger partial charge is 0.270 e. The van der Waals surface area contributed by atoms with Crippen LogP contribution in [0.3, 0.4) is 0 Å². The number of ether oxygens (including phenoxy) is 1. The summed E-state index contributed by atoms with van der Waals surface area (Å²) in [6, 6.07) is 0. The number of phosphoric acid groups is 1. The molecule has 1 aliphatic heterocycles. The molecule has 1 rings (SSSR count). The van der Waals surface area contributed by atoms with Gasteiger partial charge in [0.05, 0.1) is 13.2 Å². The van der Waals surface area contributed by atoms with Crippen molar-refractivity contribution in [3.8, 4) is 0 Å². The molecule has 0 bridgehead atoms. The van der Waals surface area contributed by atoms with Crippen LogP contribution < -0.4 is 4.89 Å². The lowest BCUT2D eigenvalue weighted by Gasteiger charge is -2.41. The van der Waals surface area contributed by atoms with E-state index in [2.05, 4.69) is 73.6 Å². The Morgan fingerprint density at radius 3 is 1.48 bits per heavy atom. The maximum absolute atomic E-state index is 12.2. The average Bonchev–Trinajstić information content (AvgIpc) is 3.11. The lowest BCUT2D eigenvalue weighted by atomic mass is 9.90. The first-order valence-electron chi connectivity index (χ1n) is 22.0. The molecule has 0 aromatic heterocycles. The van der Waals surface area contributed by atoms with E-state index in [1.165, 1.54) is 93.8 Å². The van der Waals surface area contributed by atoms with Gasteiger partial charge in [0.25, 0.3) is 7.82 Å². The van der Waals surface area contributed by atoms with Crippen molar-refractivity contribution >= 4 is 7.82 Å². The first kappa shape index (κ1) is 52.9. The summed E-state index contributed by atoms with van der Waals surface area (Å²) in [7, 11) is -4.91. The van der Waals surface area contributed by atoms with E-state index in [1.807, 2.05) is 6.92 Å². The highest BCUT2D eigenvalue weighted by molar-refractivity contribution is 7.45. The van der Waals surface area contributed by atoms with Crippen molar-refractivity contribution in [2.75, 3.05) is 13.2 Å². The molecule has 9 nitrogen and oxygen atoms in total. The average molecular weight is 812 g/mol. The molecule has 0 radical (unpaired) electrons. The molecule has 4 N–H and O–H groups in total. The van der Waals surface area contributed by atoms with Crippen molar-refractivity contribution < 1.29 is 43.7 Å². The third kappa shape index (κ3) is 25.4. The van der Waals surface area contributed by atoms with E-state index in [0.29, 0.717) is 0 Å². The highest BCUT2D eigenvalue weighted by atomic mass is 31.2. The third-order valence-electron chi connectivity index (χ3n) is 11.4. The van der Waals surface area contributed by atoms with E-state index in [9.17, 15) is 29.9 Å². The summed E-state index contributed by atoms with van der Waals surface area (Å²) >= 11 is 0. The van der Waals surface area contributed by atoms with Crippen molar-refractivity contribution in [3.63, 3.8) is 0 Å². The van der Waals surface area contributed by atoms with Gasteiger partial charge in [0.1, 0.15) is 24.4 Å². The van der Waals surface area contributed by atoms with Crippen LogP contribution in [0.25, 0.3) is 0 Å². The molecule has 0 aliphatic carbocycles. The Labute approximate surface area is 342 Å². The van der Waals surface area contributed by atoms with E-state index in [0.717, 1.165) is 67.8 Å². The lowest BCUT2D eigenvalue weighted by Crippen LogP contribution is -2.59. The molecule has 10 heteroatoms. The number of allylic oxidation sites excluding steroid dienone is 7. The van der Waals surface area contributed by atoms with Gasteiger partial charge in [-0.2, -0.15) is 0 Å². The summed E-state index contributed by atoms with van der Waals surface area (Å²) in [6.07, 6.45) is 22.5. The topological polar surface area (TPSA) is 149 Å². The summed E-state index contributed by atoms with van der Waals surface area (Å²) in [6.45, 7) is 19.6. The third-order valence-corrected chi connectivity index (χ3v) is 12.3. The predicted molar refractivity (Wildman–Crippen MR) is 229 cm³/mol. The van der Waals surface area contributed by atoms with Crippen molar-refractivity contribution in [2.45, 2.75) is 209 Å². The second-order valence-corrected chi connectivity index (χ2v) is 19.1. The summed E-state index contributed by atoms with van der Waals surface area (Å²) < 4.78 is 26.9. The molecule has 1 heterocycles. The minimum Gasteiger partial charge on any atom is -0.756 e. The molecule has 1 saturated heterocycles. The largest absolute Gasteiger partial charge is 0.756 e. The van der Waals surface area contributed by atoms with Gasteiger partial charge in [-0.15, -0.1) is 0 Å². The molecule has 0 aromatic carbocycles. The van der Waals surface area contributed by atoms with E-state index >= 15 is 0 Å². The zero-order valence-electron chi connectivity index (χ0n) is 36.9. The maximum atomic E-state index is 12.2. The van der Waals surface area contributed by atoms with Crippen molar-refractivity contribution in [2.24, 2.45) is 23.7 Å². The number of aliphatic hydroxyl groups is 4. The predicted octanol–water partition coefficient (Wildman–Crippen LogP) is 10.7. The molecule has 4 unspecified atom stereocenters. The quantitative estimate of drug-likeness (QED) is 0.0396. The summed E-state index contributed by atoms with van der Waals surface area (Å²) in [5, 5.41) is 38.9. The molecule has 9 atom stereocenters. The number of phosphoric ester groups is 1. The molecular weight excluding hydrogens is 727 g/mol. The molecule has 1 aliphatic rings. The van der Waals surface area contributed by atoms with E-state index in [1.54, 1.807) is 6.08 Å². The fourth-order valence-electron chi connectivity index (χ4n) is 7.30. The molecule has 0 aromatic rings. The maximum Gasteiger partial charge on any atom is 0.270 e. The number of rotatable bonds is 31. The first-order chi connectivity index (χ1) is 26.4. The van der Waals surface area contributed by atoms with Gasteiger partial charge >= 0.3 is 0 Å². The second kappa shape index (κ2) is 30.0. The van der Waals surface area contributed by atoms with E-state index in [4.69, 9.17) is 13.8 Å².